The molecule has 0 heterocycles. The van der Waals surface area contributed by atoms with E-state index in [1.807, 2.05) is 0 Å². The number of halogens is 1. The maximum absolute atomic E-state index is 12.4. The molecule has 0 atom stereocenters. The third-order valence-electron chi connectivity index (χ3n) is 1.30. The maximum Gasteiger partial charge on any atom is 0.123 e. The molecule has 1 rings (SSSR count). The van der Waals surface area contributed by atoms with Crippen LogP contribution >= 0.6 is 0 Å². The average Bonchev–Trinajstić information content (AvgIpc) is 1.94. The molecule has 0 fully saturated rings. The van der Waals surface area contributed by atoms with Crippen molar-refractivity contribution in [3.05, 3.63) is 36.0 Å². The van der Waals surface area contributed by atoms with Crippen LogP contribution in [0, 0.1) is 12.2 Å². The van der Waals surface area contributed by atoms with Crippen LogP contribution in [0.15, 0.2) is 18.2 Å². The van der Waals surface area contributed by atoms with E-state index in [2.05, 4.69) is 0 Å². The van der Waals surface area contributed by atoms with Gasteiger partial charge in [0.15, 0.2) is 0 Å². The van der Waals surface area contributed by atoms with Crippen LogP contribution in [-0.4, -0.2) is 5.11 Å². The molecule has 1 nitrogen and oxygen atoms in total. The van der Waals surface area contributed by atoms with Crippen molar-refractivity contribution in [2.45, 2.75) is 6.92 Å². The lowest BCUT2D eigenvalue weighted by molar-refractivity contribution is 0.469. The van der Waals surface area contributed by atoms with Crippen LogP contribution in [0.2, 0.25) is 0 Å². The zero-order chi connectivity index (χ0) is 7.56. The lowest BCUT2D eigenvalue weighted by Crippen LogP contribution is -1.80. The quantitative estimate of drug-likeness (QED) is 0.631. The predicted molar refractivity (Wildman–Crippen MR) is 37.1 cm³/mol. The molecule has 1 N–H and O–H groups in total. The molecule has 0 aliphatic rings. The van der Waals surface area contributed by atoms with Crippen LogP contribution in [0.5, 0.6) is 5.75 Å². The number of hydrogen-bond donors (Lipinski definition) is 1. The topological polar surface area (TPSA) is 20.2 Å². The fourth-order valence-corrected chi connectivity index (χ4v) is 0.757. The molecule has 53 valence electrons. The van der Waals surface area contributed by atoms with Gasteiger partial charge in [-0.05, 0) is 24.6 Å². The average molecular weight is 139 g/mol. The highest BCUT2D eigenvalue weighted by molar-refractivity contribution is 5.37. The molecule has 0 saturated carbocycles. The van der Waals surface area contributed by atoms with Gasteiger partial charge in [-0.15, -0.1) is 0 Å². The fraction of sp³-hybridized carbons (Fsp3) is 0.125. The normalized spacial score (nSPS) is 9.80. The number of phenols is 1. The first-order chi connectivity index (χ1) is 4.74. The Morgan fingerprint density at radius 3 is 2.70 bits per heavy atom. The van der Waals surface area contributed by atoms with E-state index in [1.165, 1.54) is 18.2 Å². The zero-order valence-electron chi connectivity index (χ0n) is 5.63. The summed E-state index contributed by atoms with van der Waals surface area (Å²) in [4.78, 5) is 0. The summed E-state index contributed by atoms with van der Waals surface area (Å²) in [5, 5.41) is 9.04. The standard InChI is InChI=1S/C8H8FO/c1-2-6-5-7(9)3-4-8(6)10/h2-5,10H,1H3. The minimum atomic E-state index is -0.328. The van der Waals surface area contributed by atoms with E-state index in [4.69, 9.17) is 5.11 Å². The molecular formula is C8H8FO. The molecule has 0 bridgehead atoms. The Labute approximate surface area is 59.1 Å². The van der Waals surface area contributed by atoms with E-state index < -0.39 is 0 Å². The van der Waals surface area contributed by atoms with Crippen LogP contribution < -0.4 is 0 Å². The molecule has 0 saturated heterocycles. The Kier molecular flexibility index (Phi) is 1.90. The number of rotatable bonds is 1. The minimum absolute atomic E-state index is 0.115. The van der Waals surface area contributed by atoms with Gasteiger partial charge in [-0.3, -0.25) is 0 Å². The summed E-state index contributed by atoms with van der Waals surface area (Å²) in [6.07, 6.45) is 1.65. The minimum Gasteiger partial charge on any atom is -0.508 e. The summed E-state index contributed by atoms with van der Waals surface area (Å²) < 4.78 is 12.4. The Balaban J connectivity index is 3.09. The zero-order valence-corrected chi connectivity index (χ0v) is 5.63. The van der Waals surface area contributed by atoms with E-state index in [-0.39, 0.29) is 11.6 Å². The van der Waals surface area contributed by atoms with Crippen LogP contribution in [-0.2, 0) is 0 Å². The largest absolute Gasteiger partial charge is 0.508 e. The first kappa shape index (κ1) is 7.06. The highest BCUT2D eigenvalue weighted by Crippen LogP contribution is 2.18. The van der Waals surface area contributed by atoms with Crippen molar-refractivity contribution in [1.29, 1.82) is 0 Å². The van der Waals surface area contributed by atoms with Gasteiger partial charge in [-0.2, -0.15) is 0 Å². The van der Waals surface area contributed by atoms with Crippen molar-refractivity contribution >= 4 is 0 Å². The van der Waals surface area contributed by atoms with Crippen molar-refractivity contribution < 1.29 is 9.50 Å². The van der Waals surface area contributed by atoms with Gasteiger partial charge in [0, 0.05) is 5.56 Å². The molecule has 1 aromatic carbocycles. The summed E-state index contributed by atoms with van der Waals surface area (Å²) in [7, 11) is 0. The Morgan fingerprint density at radius 1 is 1.50 bits per heavy atom. The molecular weight excluding hydrogens is 131 g/mol. The molecule has 0 aromatic heterocycles. The van der Waals surface area contributed by atoms with Crippen molar-refractivity contribution in [3.63, 3.8) is 0 Å². The summed E-state index contributed by atoms with van der Waals surface area (Å²) in [6, 6.07) is 3.85. The SMILES string of the molecule is C[CH]c1cc(F)ccc1O. The predicted octanol–water partition coefficient (Wildman–Crippen LogP) is 2.10. The lowest BCUT2D eigenvalue weighted by Gasteiger charge is -1.98. The van der Waals surface area contributed by atoms with Gasteiger partial charge in [0.05, 0.1) is 0 Å². The molecule has 10 heavy (non-hydrogen) atoms. The van der Waals surface area contributed by atoms with E-state index in [0.29, 0.717) is 5.56 Å². The molecule has 0 aliphatic carbocycles. The van der Waals surface area contributed by atoms with Gasteiger partial charge in [0.2, 0.25) is 0 Å². The van der Waals surface area contributed by atoms with E-state index in [9.17, 15) is 4.39 Å². The summed E-state index contributed by atoms with van der Waals surface area (Å²) in [5.41, 5.74) is 0.528. The molecule has 0 amide bonds. The molecule has 0 spiro atoms. The van der Waals surface area contributed by atoms with Crippen LogP contribution in [0.1, 0.15) is 12.5 Å². The van der Waals surface area contributed by atoms with Crippen molar-refractivity contribution in [3.8, 4) is 5.75 Å². The number of benzene rings is 1. The monoisotopic (exact) mass is 139 g/mol. The van der Waals surface area contributed by atoms with Crippen molar-refractivity contribution in [1.82, 2.24) is 0 Å². The van der Waals surface area contributed by atoms with Crippen LogP contribution in [0.4, 0.5) is 4.39 Å². The fourth-order valence-electron chi connectivity index (χ4n) is 0.757. The second-order valence-electron chi connectivity index (χ2n) is 1.99. The first-order valence-electron chi connectivity index (χ1n) is 3.02. The molecule has 1 aromatic rings. The lowest BCUT2D eigenvalue weighted by atomic mass is 10.1. The van der Waals surface area contributed by atoms with Crippen molar-refractivity contribution in [2.24, 2.45) is 0 Å². The van der Waals surface area contributed by atoms with Gasteiger partial charge in [-0.1, -0.05) is 6.92 Å². The van der Waals surface area contributed by atoms with Gasteiger partial charge in [-0.25, -0.2) is 4.39 Å². The maximum atomic E-state index is 12.4. The molecule has 2 heteroatoms. The van der Waals surface area contributed by atoms with Crippen LogP contribution in [0.3, 0.4) is 0 Å². The van der Waals surface area contributed by atoms with Crippen LogP contribution in [0.25, 0.3) is 0 Å². The Morgan fingerprint density at radius 2 is 2.20 bits per heavy atom. The number of phenolic OH excluding ortho intramolecular Hbond substituents is 1. The highest BCUT2D eigenvalue weighted by atomic mass is 19.1. The van der Waals surface area contributed by atoms with E-state index >= 15 is 0 Å². The van der Waals surface area contributed by atoms with Gasteiger partial charge < -0.3 is 5.11 Å². The Bertz CT molecular complexity index is 233. The molecule has 1 radical (unpaired) electrons. The number of hydrogen-bond acceptors (Lipinski definition) is 1. The molecule has 0 unspecified atom stereocenters. The number of aromatic hydroxyl groups is 1. The summed E-state index contributed by atoms with van der Waals surface area (Å²) in [5.74, 6) is -0.213. The van der Waals surface area contributed by atoms with E-state index in [0.717, 1.165) is 0 Å². The van der Waals surface area contributed by atoms with Gasteiger partial charge in [0.1, 0.15) is 11.6 Å². The van der Waals surface area contributed by atoms with E-state index in [1.54, 1.807) is 13.3 Å². The third-order valence-corrected chi connectivity index (χ3v) is 1.30. The Hall–Kier alpha value is -1.05. The third kappa shape index (κ3) is 1.26. The molecule has 0 aliphatic heterocycles. The van der Waals surface area contributed by atoms with Crippen molar-refractivity contribution in [2.75, 3.05) is 0 Å². The van der Waals surface area contributed by atoms with Gasteiger partial charge >= 0.3 is 0 Å². The summed E-state index contributed by atoms with van der Waals surface area (Å²) in [6.45, 7) is 1.74. The smallest absolute Gasteiger partial charge is 0.123 e. The summed E-state index contributed by atoms with van der Waals surface area (Å²) >= 11 is 0. The first-order valence-corrected chi connectivity index (χ1v) is 3.02. The highest BCUT2D eigenvalue weighted by Gasteiger charge is 1.98. The van der Waals surface area contributed by atoms with Gasteiger partial charge in [0.25, 0.3) is 0 Å². The second kappa shape index (κ2) is 2.69. The second-order valence-corrected chi connectivity index (χ2v) is 1.99.